The summed E-state index contributed by atoms with van der Waals surface area (Å²) in [5, 5.41) is 13.7. The van der Waals surface area contributed by atoms with Crippen LogP contribution in [0.2, 0.25) is 0 Å². The standard InChI is InChI=1S/C6H5F3N2O3/c7-6(8,9)2-14-4-3(5(12)13)1-10-11-4/h1H,2H2,(H,10,11)(H,12,13). The number of nitrogens with zero attached hydrogens (tertiary/aromatic N) is 1. The smallest absolute Gasteiger partial charge is 0.422 e. The van der Waals surface area contributed by atoms with Gasteiger partial charge in [0.15, 0.2) is 6.61 Å². The highest BCUT2D eigenvalue weighted by Crippen LogP contribution is 2.19. The van der Waals surface area contributed by atoms with Gasteiger partial charge in [0.25, 0.3) is 0 Å². The van der Waals surface area contributed by atoms with Crippen LogP contribution in [0.15, 0.2) is 6.20 Å². The van der Waals surface area contributed by atoms with Crippen LogP contribution in [0.25, 0.3) is 0 Å². The van der Waals surface area contributed by atoms with Crippen LogP contribution in [0.3, 0.4) is 0 Å². The molecule has 0 unspecified atom stereocenters. The van der Waals surface area contributed by atoms with E-state index in [4.69, 9.17) is 5.11 Å². The Bertz CT molecular complexity index is 333. The largest absolute Gasteiger partial charge is 0.477 e. The van der Waals surface area contributed by atoms with Crippen molar-refractivity contribution < 1.29 is 27.8 Å². The Morgan fingerprint density at radius 3 is 2.79 bits per heavy atom. The maximum absolute atomic E-state index is 11.7. The lowest BCUT2D eigenvalue weighted by molar-refractivity contribution is -0.154. The molecule has 0 aliphatic rings. The molecule has 0 aromatic carbocycles. The van der Waals surface area contributed by atoms with Crippen LogP contribution in [-0.4, -0.2) is 34.1 Å². The number of ether oxygens (including phenoxy) is 1. The Balaban J connectivity index is 2.68. The molecule has 1 rings (SSSR count). The average Bonchev–Trinajstić information content (AvgIpc) is 2.46. The van der Waals surface area contributed by atoms with Crippen LogP contribution >= 0.6 is 0 Å². The molecule has 5 nitrogen and oxygen atoms in total. The lowest BCUT2D eigenvalue weighted by Crippen LogP contribution is -2.20. The minimum Gasteiger partial charge on any atom is -0.477 e. The van der Waals surface area contributed by atoms with Crippen LogP contribution in [0.4, 0.5) is 13.2 Å². The van der Waals surface area contributed by atoms with Crippen molar-refractivity contribution in [2.24, 2.45) is 0 Å². The van der Waals surface area contributed by atoms with Gasteiger partial charge in [0.05, 0.1) is 6.20 Å². The molecule has 0 aliphatic heterocycles. The van der Waals surface area contributed by atoms with E-state index in [2.05, 4.69) is 9.84 Å². The molecule has 1 heterocycles. The van der Waals surface area contributed by atoms with Gasteiger partial charge in [-0.1, -0.05) is 0 Å². The second kappa shape index (κ2) is 3.56. The Kier molecular flexibility index (Phi) is 2.63. The average molecular weight is 210 g/mol. The van der Waals surface area contributed by atoms with Crippen molar-refractivity contribution in [1.29, 1.82) is 0 Å². The molecule has 1 aromatic heterocycles. The summed E-state index contributed by atoms with van der Waals surface area (Å²) >= 11 is 0. The van der Waals surface area contributed by atoms with Gasteiger partial charge >= 0.3 is 12.1 Å². The van der Waals surface area contributed by atoms with E-state index in [0.717, 1.165) is 6.20 Å². The SMILES string of the molecule is O=C(O)c1cn[nH]c1OCC(F)(F)F. The summed E-state index contributed by atoms with van der Waals surface area (Å²) in [6.07, 6.45) is -3.64. The number of carbonyl (C=O) groups is 1. The molecule has 78 valence electrons. The summed E-state index contributed by atoms with van der Waals surface area (Å²) in [7, 11) is 0. The lowest BCUT2D eigenvalue weighted by Gasteiger charge is -2.07. The van der Waals surface area contributed by atoms with E-state index in [0.29, 0.717) is 0 Å². The summed E-state index contributed by atoms with van der Waals surface area (Å²) in [4.78, 5) is 10.4. The van der Waals surface area contributed by atoms with Crippen LogP contribution in [-0.2, 0) is 0 Å². The third-order valence-corrected chi connectivity index (χ3v) is 1.21. The first-order valence-corrected chi connectivity index (χ1v) is 3.36. The van der Waals surface area contributed by atoms with Crippen LogP contribution in [0.5, 0.6) is 5.88 Å². The summed E-state index contributed by atoms with van der Waals surface area (Å²) in [6.45, 7) is -1.56. The van der Waals surface area contributed by atoms with Gasteiger partial charge in [0, 0.05) is 0 Å². The second-order valence-corrected chi connectivity index (χ2v) is 2.32. The molecule has 0 fully saturated rings. The molecule has 0 bridgehead atoms. The maximum Gasteiger partial charge on any atom is 0.422 e. The summed E-state index contributed by atoms with van der Waals surface area (Å²) in [5.41, 5.74) is -0.436. The number of nitrogens with one attached hydrogen (secondary N) is 1. The Morgan fingerprint density at radius 1 is 1.64 bits per heavy atom. The van der Waals surface area contributed by atoms with Crippen molar-refractivity contribution in [2.75, 3.05) is 6.61 Å². The van der Waals surface area contributed by atoms with Crippen LogP contribution in [0.1, 0.15) is 10.4 Å². The van der Waals surface area contributed by atoms with Crippen molar-refractivity contribution in [2.45, 2.75) is 6.18 Å². The van der Waals surface area contributed by atoms with Crippen molar-refractivity contribution in [3.63, 3.8) is 0 Å². The number of H-pyrrole nitrogens is 1. The summed E-state index contributed by atoms with van der Waals surface area (Å²) < 4.78 is 39.2. The molecule has 0 amide bonds. The predicted molar refractivity (Wildman–Crippen MR) is 37.1 cm³/mol. The zero-order chi connectivity index (χ0) is 10.8. The van der Waals surface area contributed by atoms with E-state index in [1.54, 1.807) is 0 Å². The number of halogens is 3. The molecule has 0 saturated heterocycles. The van der Waals surface area contributed by atoms with E-state index in [-0.39, 0.29) is 0 Å². The maximum atomic E-state index is 11.7. The minimum atomic E-state index is -4.51. The van der Waals surface area contributed by atoms with Gasteiger partial charge in [-0.2, -0.15) is 18.3 Å². The van der Waals surface area contributed by atoms with Gasteiger partial charge in [-0.05, 0) is 0 Å². The normalized spacial score (nSPS) is 11.4. The fourth-order valence-corrected chi connectivity index (χ4v) is 0.691. The van der Waals surface area contributed by atoms with E-state index in [1.165, 1.54) is 0 Å². The monoisotopic (exact) mass is 210 g/mol. The lowest BCUT2D eigenvalue weighted by atomic mass is 10.3. The molecule has 1 aromatic rings. The molecule has 0 saturated carbocycles. The Labute approximate surface area is 75.5 Å². The van der Waals surface area contributed by atoms with E-state index >= 15 is 0 Å². The molecule has 0 spiro atoms. The highest BCUT2D eigenvalue weighted by molar-refractivity contribution is 5.89. The topological polar surface area (TPSA) is 75.2 Å². The van der Waals surface area contributed by atoms with Gasteiger partial charge < -0.3 is 9.84 Å². The van der Waals surface area contributed by atoms with Crippen molar-refractivity contribution in [3.05, 3.63) is 11.8 Å². The summed E-state index contributed by atoms with van der Waals surface area (Å²) in [6, 6.07) is 0. The summed E-state index contributed by atoms with van der Waals surface area (Å²) in [5.74, 6) is -1.91. The van der Waals surface area contributed by atoms with E-state index in [1.807, 2.05) is 5.10 Å². The van der Waals surface area contributed by atoms with Gasteiger partial charge in [-0.25, -0.2) is 9.89 Å². The number of aromatic carboxylic acids is 1. The molecule has 0 aliphatic carbocycles. The number of alkyl halides is 3. The van der Waals surface area contributed by atoms with Crippen molar-refractivity contribution in [3.8, 4) is 5.88 Å². The minimum absolute atomic E-state index is 0.436. The fraction of sp³-hybridized carbons (Fsp3) is 0.333. The highest BCUT2D eigenvalue weighted by Gasteiger charge is 2.29. The molecule has 14 heavy (non-hydrogen) atoms. The predicted octanol–water partition coefficient (Wildman–Crippen LogP) is 1.05. The van der Waals surface area contributed by atoms with Crippen molar-refractivity contribution in [1.82, 2.24) is 10.2 Å². The molecule has 0 radical (unpaired) electrons. The number of aromatic amines is 1. The van der Waals surface area contributed by atoms with Gasteiger partial charge in [0.2, 0.25) is 5.88 Å². The Morgan fingerprint density at radius 2 is 2.29 bits per heavy atom. The molecular formula is C6H5F3N2O3. The van der Waals surface area contributed by atoms with E-state index < -0.39 is 30.2 Å². The Hall–Kier alpha value is -1.73. The van der Waals surface area contributed by atoms with Gasteiger partial charge in [0.1, 0.15) is 5.56 Å². The number of carboxylic acid groups (broad SMARTS) is 1. The van der Waals surface area contributed by atoms with E-state index in [9.17, 15) is 18.0 Å². The molecule has 2 N–H and O–H groups in total. The highest BCUT2D eigenvalue weighted by atomic mass is 19.4. The molecular weight excluding hydrogens is 205 g/mol. The first-order valence-electron chi connectivity index (χ1n) is 3.36. The molecule has 0 atom stereocenters. The molecule has 8 heteroatoms. The third-order valence-electron chi connectivity index (χ3n) is 1.21. The second-order valence-electron chi connectivity index (χ2n) is 2.32. The fourth-order valence-electron chi connectivity index (χ4n) is 0.691. The third kappa shape index (κ3) is 2.64. The first-order chi connectivity index (χ1) is 6.40. The zero-order valence-electron chi connectivity index (χ0n) is 6.63. The zero-order valence-corrected chi connectivity index (χ0v) is 6.63. The van der Waals surface area contributed by atoms with Crippen LogP contribution in [0, 0.1) is 0 Å². The quantitative estimate of drug-likeness (QED) is 0.781. The van der Waals surface area contributed by atoms with Gasteiger partial charge in [-0.15, -0.1) is 0 Å². The number of carboxylic acids is 1. The van der Waals surface area contributed by atoms with Gasteiger partial charge in [-0.3, -0.25) is 0 Å². The van der Waals surface area contributed by atoms with Crippen LogP contribution < -0.4 is 4.74 Å². The number of hydrogen-bond donors (Lipinski definition) is 2. The number of rotatable bonds is 3. The number of aromatic nitrogens is 2. The van der Waals surface area contributed by atoms with Crippen molar-refractivity contribution >= 4 is 5.97 Å². The first kappa shape index (κ1) is 10.4. The number of hydrogen-bond acceptors (Lipinski definition) is 3.